The Morgan fingerprint density at radius 3 is 2.53 bits per heavy atom. The van der Waals surface area contributed by atoms with Crippen molar-refractivity contribution < 1.29 is 19.4 Å². The van der Waals surface area contributed by atoms with Gasteiger partial charge in [-0.15, -0.1) is 0 Å². The van der Waals surface area contributed by atoms with Gasteiger partial charge >= 0.3 is 5.97 Å². The maximum Gasteiger partial charge on any atom is 0.335 e. The Bertz CT molecular complexity index is 472. The number of anilines is 1. The van der Waals surface area contributed by atoms with E-state index in [1.165, 1.54) is 12.1 Å². The Morgan fingerprint density at radius 1 is 1.32 bits per heavy atom. The summed E-state index contributed by atoms with van der Waals surface area (Å²) in [5.74, 6) is -1.22. The first-order valence-corrected chi connectivity index (χ1v) is 6.10. The number of carboxylic acid groups (broad SMARTS) is 1. The molecule has 0 aromatic heterocycles. The van der Waals surface area contributed by atoms with Crippen molar-refractivity contribution in [3.63, 3.8) is 0 Å². The van der Waals surface area contributed by atoms with E-state index in [9.17, 15) is 9.59 Å². The Morgan fingerprint density at radius 2 is 2.00 bits per heavy atom. The number of rotatable bonds is 4. The van der Waals surface area contributed by atoms with Crippen LogP contribution in [-0.4, -0.2) is 35.7 Å². The van der Waals surface area contributed by atoms with Crippen LogP contribution in [-0.2, 0) is 9.53 Å². The largest absolute Gasteiger partial charge is 0.478 e. The Labute approximate surface area is 110 Å². The van der Waals surface area contributed by atoms with Crippen molar-refractivity contribution in [3.8, 4) is 0 Å². The molecule has 1 saturated heterocycles. The van der Waals surface area contributed by atoms with Crippen molar-refractivity contribution >= 4 is 17.6 Å². The van der Waals surface area contributed by atoms with Crippen molar-refractivity contribution in [2.75, 3.05) is 11.9 Å². The van der Waals surface area contributed by atoms with Crippen molar-refractivity contribution in [1.29, 1.82) is 0 Å². The molecule has 1 fully saturated rings. The Kier molecular flexibility index (Phi) is 4.13. The normalized spacial score (nSPS) is 22.2. The summed E-state index contributed by atoms with van der Waals surface area (Å²) in [5.41, 5.74) is 6.21. The monoisotopic (exact) mass is 264 g/mol. The van der Waals surface area contributed by atoms with Gasteiger partial charge in [0.05, 0.1) is 11.7 Å². The van der Waals surface area contributed by atoms with E-state index in [0.29, 0.717) is 18.7 Å². The zero-order valence-corrected chi connectivity index (χ0v) is 10.3. The van der Waals surface area contributed by atoms with Gasteiger partial charge in [0.15, 0.2) is 0 Å². The maximum absolute atomic E-state index is 11.9. The number of nitrogens with two attached hydrogens (primary N) is 1. The molecule has 4 N–H and O–H groups in total. The molecule has 0 bridgehead atoms. The van der Waals surface area contributed by atoms with Crippen LogP contribution in [0.3, 0.4) is 0 Å². The average Bonchev–Trinajstić information content (AvgIpc) is 2.88. The zero-order chi connectivity index (χ0) is 13.8. The number of hydrogen-bond acceptors (Lipinski definition) is 4. The molecule has 1 aromatic rings. The molecule has 1 aliphatic rings. The predicted octanol–water partition coefficient (Wildman–Crippen LogP) is 0.830. The second-order valence-electron chi connectivity index (χ2n) is 4.43. The van der Waals surface area contributed by atoms with Gasteiger partial charge in [0.2, 0.25) is 0 Å². The second kappa shape index (κ2) is 5.81. The van der Waals surface area contributed by atoms with Crippen molar-refractivity contribution in [3.05, 3.63) is 29.8 Å². The minimum atomic E-state index is -0.997. The van der Waals surface area contributed by atoms with Gasteiger partial charge in [-0.25, -0.2) is 4.79 Å². The fourth-order valence-corrected chi connectivity index (χ4v) is 1.99. The molecule has 2 unspecified atom stereocenters. The lowest BCUT2D eigenvalue weighted by Crippen LogP contribution is -2.29. The SMILES string of the molecule is NCC1CCC(C(=O)Nc2ccc(C(=O)O)cc2)O1. The Hall–Kier alpha value is -1.92. The van der Waals surface area contributed by atoms with Crippen LogP contribution in [0.4, 0.5) is 5.69 Å². The van der Waals surface area contributed by atoms with E-state index in [1.54, 1.807) is 12.1 Å². The number of amides is 1. The first-order valence-electron chi connectivity index (χ1n) is 6.10. The highest BCUT2D eigenvalue weighted by molar-refractivity contribution is 5.95. The van der Waals surface area contributed by atoms with Crippen LogP contribution in [0.1, 0.15) is 23.2 Å². The molecule has 2 rings (SSSR count). The van der Waals surface area contributed by atoms with E-state index in [4.69, 9.17) is 15.6 Å². The molecule has 1 aliphatic heterocycles. The third-order valence-corrected chi connectivity index (χ3v) is 3.06. The summed E-state index contributed by atoms with van der Waals surface area (Å²) in [7, 11) is 0. The molecule has 19 heavy (non-hydrogen) atoms. The standard InChI is InChI=1S/C13H16N2O4/c14-7-10-5-6-11(19-10)12(16)15-9-3-1-8(2-4-9)13(17)18/h1-4,10-11H,5-7,14H2,(H,15,16)(H,17,18). The van der Waals surface area contributed by atoms with Gasteiger partial charge in [-0.3, -0.25) is 4.79 Å². The first kappa shape index (κ1) is 13.5. The molecule has 0 saturated carbocycles. The van der Waals surface area contributed by atoms with Gasteiger partial charge in [-0.05, 0) is 37.1 Å². The van der Waals surface area contributed by atoms with Crippen molar-refractivity contribution in [2.45, 2.75) is 25.0 Å². The summed E-state index contributed by atoms with van der Waals surface area (Å²) in [6, 6.07) is 5.99. The fourth-order valence-electron chi connectivity index (χ4n) is 1.99. The van der Waals surface area contributed by atoms with Crippen LogP contribution >= 0.6 is 0 Å². The summed E-state index contributed by atoms with van der Waals surface area (Å²) in [6.07, 6.45) is 0.908. The molecular weight excluding hydrogens is 248 g/mol. The quantitative estimate of drug-likeness (QED) is 0.747. The Balaban J connectivity index is 1.94. The number of ether oxygens (including phenoxy) is 1. The number of carbonyl (C=O) groups excluding carboxylic acids is 1. The van der Waals surface area contributed by atoms with E-state index in [-0.39, 0.29) is 17.6 Å². The molecular formula is C13H16N2O4. The van der Waals surface area contributed by atoms with E-state index in [2.05, 4.69) is 5.32 Å². The van der Waals surface area contributed by atoms with Crippen LogP contribution in [0.5, 0.6) is 0 Å². The number of carbonyl (C=O) groups is 2. The fraction of sp³-hybridized carbons (Fsp3) is 0.385. The topological polar surface area (TPSA) is 102 Å². The number of benzene rings is 1. The lowest BCUT2D eigenvalue weighted by molar-refractivity contribution is -0.126. The molecule has 0 aliphatic carbocycles. The highest BCUT2D eigenvalue weighted by atomic mass is 16.5. The van der Waals surface area contributed by atoms with Crippen molar-refractivity contribution in [2.24, 2.45) is 5.73 Å². The van der Waals surface area contributed by atoms with E-state index in [1.807, 2.05) is 0 Å². The van der Waals surface area contributed by atoms with Crippen LogP contribution in [0, 0.1) is 0 Å². The predicted molar refractivity (Wildman–Crippen MR) is 69.0 cm³/mol. The zero-order valence-electron chi connectivity index (χ0n) is 10.3. The molecule has 1 amide bonds. The van der Waals surface area contributed by atoms with Gasteiger partial charge < -0.3 is 20.9 Å². The summed E-state index contributed by atoms with van der Waals surface area (Å²) in [5, 5.41) is 11.5. The highest BCUT2D eigenvalue weighted by Crippen LogP contribution is 2.20. The lowest BCUT2D eigenvalue weighted by atomic mass is 10.1. The highest BCUT2D eigenvalue weighted by Gasteiger charge is 2.29. The van der Waals surface area contributed by atoms with Gasteiger partial charge in [0, 0.05) is 12.2 Å². The molecule has 1 heterocycles. The summed E-state index contributed by atoms with van der Waals surface area (Å²) >= 11 is 0. The van der Waals surface area contributed by atoms with Crippen LogP contribution in [0.15, 0.2) is 24.3 Å². The summed E-state index contributed by atoms with van der Waals surface area (Å²) in [6.45, 7) is 0.414. The van der Waals surface area contributed by atoms with E-state index < -0.39 is 12.1 Å². The van der Waals surface area contributed by atoms with Gasteiger partial charge in [0.1, 0.15) is 6.10 Å². The minimum absolute atomic E-state index is 0.0508. The number of nitrogens with one attached hydrogen (secondary N) is 1. The molecule has 102 valence electrons. The molecule has 1 aromatic carbocycles. The van der Waals surface area contributed by atoms with Gasteiger partial charge in [-0.1, -0.05) is 0 Å². The smallest absolute Gasteiger partial charge is 0.335 e. The third kappa shape index (κ3) is 3.30. The number of aromatic carboxylic acids is 1. The van der Waals surface area contributed by atoms with E-state index >= 15 is 0 Å². The molecule has 0 spiro atoms. The molecule has 6 nitrogen and oxygen atoms in total. The summed E-state index contributed by atoms with van der Waals surface area (Å²) < 4.78 is 5.48. The molecule has 2 atom stereocenters. The van der Waals surface area contributed by atoms with Gasteiger partial charge in [0.25, 0.3) is 5.91 Å². The molecule has 6 heteroatoms. The third-order valence-electron chi connectivity index (χ3n) is 3.06. The lowest BCUT2D eigenvalue weighted by Gasteiger charge is -2.12. The van der Waals surface area contributed by atoms with Crippen LogP contribution in [0.2, 0.25) is 0 Å². The van der Waals surface area contributed by atoms with Crippen LogP contribution in [0.25, 0.3) is 0 Å². The van der Waals surface area contributed by atoms with Gasteiger partial charge in [-0.2, -0.15) is 0 Å². The number of carboxylic acids is 1. The first-order chi connectivity index (χ1) is 9.10. The number of hydrogen-bond donors (Lipinski definition) is 3. The minimum Gasteiger partial charge on any atom is -0.478 e. The van der Waals surface area contributed by atoms with Crippen molar-refractivity contribution in [1.82, 2.24) is 0 Å². The average molecular weight is 264 g/mol. The summed E-state index contributed by atoms with van der Waals surface area (Å²) in [4.78, 5) is 22.6. The maximum atomic E-state index is 11.9. The van der Waals surface area contributed by atoms with Crippen LogP contribution < -0.4 is 11.1 Å². The van der Waals surface area contributed by atoms with E-state index in [0.717, 1.165) is 6.42 Å². The molecule has 0 radical (unpaired) electrons. The second-order valence-corrected chi connectivity index (χ2v) is 4.43.